The van der Waals surface area contributed by atoms with Crippen molar-refractivity contribution in [2.24, 2.45) is 0 Å². The van der Waals surface area contributed by atoms with Crippen molar-refractivity contribution < 1.29 is 19.0 Å². The highest BCUT2D eigenvalue weighted by Crippen LogP contribution is 2.21. The van der Waals surface area contributed by atoms with Gasteiger partial charge in [-0.15, -0.1) is 0 Å². The molecular weight excluding hydrogens is 406 g/mol. The van der Waals surface area contributed by atoms with E-state index in [1.807, 2.05) is 62.6 Å². The summed E-state index contributed by atoms with van der Waals surface area (Å²) in [6, 6.07) is 15.4. The average molecular weight is 442 g/mol. The van der Waals surface area contributed by atoms with E-state index < -0.39 is 0 Å². The molecule has 1 heterocycles. The molecule has 2 N–H and O–H groups in total. The van der Waals surface area contributed by atoms with E-state index in [1.54, 1.807) is 7.11 Å². The monoisotopic (exact) mass is 441 g/mol. The zero-order chi connectivity index (χ0) is 22.8. The molecule has 1 aliphatic heterocycles. The number of methoxy groups -OCH3 is 1. The predicted molar refractivity (Wildman–Crippen MR) is 126 cm³/mol. The fourth-order valence-corrected chi connectivity index (χ4v) is 3.78. The number of benzene rings is 2. The van der Waals surface area contributed by atoms with Crippen LogP contribution >= 0.6 is 0 Å². The second-order valence-electron chi connectivity index (χ2n) is 8.29. The summed E-state index contributed by atoms with van der Waals surface area (Å²) in [5, 5.41) is 5.89. The van der Waals surface area contributed by atoms with Crippen molar-refractivity contribution in [3.05, 3.63) is 59.7 Å². The normalized spacial score (nSPS) is 17.1. The fourth-order valence-electron chi connectivity index (χ4n) is 3.78. The Labute approximate surface area is 191 Å². The molecule has 0 radical (unpaired) electrons. The van der Waals surface area contributed by atoms with Crippen LogP contribution in [-0.4, -0.2) is 58.0 Å². The van der Waals surface area contributed by atoms with Crippen molar-refractivity contribution in [2.75, 3.05) is 46.3 Å². The van der Waals surface area contributed by atoms with Gasteiger partial charge in [-0.05, 0) is 68.8 Å². The lowest BCUT2D eigenvalue weighted by Crippen LogP contribution is -2.36. The lowest BCUT2D eigenvalue weighted by Gasteiger charge is -2.25. The molecule has 7 nitrogen and oxygen atoms in total. The van der Waals surface area contributed by atoms with Crippen LogP contribution in [0.15, 0.2) is 48.5 Å². The Morgan fingerprint density at radius 2 is 2.00 bits per heavy atom. The number of likely N-dealkylation sites (N-methyl/N-ethyl adjacent to an activating group) is 1. The van der Waals surface area contributed by atoms with Crippen LogP contribution in [0.4, 0.5) is 10.5 Å². The second kappa shape index (κ2) is 12.4. The Balaban J connectivity index is 1.47. The van der Waals surface area contributed by atoms with Crippen LogP contribution in [0.3, 0.4) is 0 Å². The van der Waals surface area contributed by atoms with Crippen LogP contribution in [0.1, 0.15) is 36.4 Å². The summed E-state index contributed by atoms with van der Waals surface area (Å²) < 4.78 is 16.8. The average Bonchev–Trinajstić information content (AvgIpc) is 2.80. The highest BCUT2D eigenvalue weighted by atomic mass is 16.5. The van der Waals surface area contributed by atoms with E-state index >= 15 is 0 Å². The molecular formula is C25H35N3O4. The second-order valence-corrected chi connectivity index (χ2v) is 8.29. The number of carbonyl (C=O) groups is 1. The Morgan fingerprint density at radius 3 is 2.69 bits per heavy atom. The number of hydrogen-bond donors (Lipinski definition) is 2. The third kappa shape index (κ3) is 7.51. The molecule has 1 fully saturated rings. The van der Waals surface area contributed by atoms with Gasteiger partial charge in [0.25, 0.3) is 0 Å². The fraction of sp³-hybridized carbons (Fsp3) is 0.480. The number of rotatable bonds is 10. The highest BCUT2D eigenvalue weighted by molar-refractivity contribution is 5.89. The first-order valence-corrected chi connectivity index (χ1v) is 11.2. The topological polar surface area (TPSA) is 72.1 Å². The van der Waals surface area contributed by atoms with Crippen LogP contribution < -0.4 is 15.4 Å². The lowest BCUT2D eigenvalue weighted by atomic mass is 10.1. The summed E-state index contributed by atoms with van der Waals surface area (Å²) in [5.74, 6) is 0.812. The van der Waals surface area contributed by atoms with Gasteiger partial charge in [-0.2, -0.15) is 0 Å². The van der Waals surface area contributed by atoms with Crippen molar-refractivity contribution in [1.29, 1.82) is 0 Å². The molecule has 0 saturated carbocycles. The quantitative estimate of drug-likeness (QED) is 0.578. The van der Waals surface area contributed by atoms with Crippen LogP contribution in [0.25, 0.3) is 0 Å². The number of ether oxygens (including phenoxy) is 3. The van der Waals surface area contributed by atoms with E-state index in [1.165, 1.54) is 6.42 Å². The SMILES string of the molecule is COc1ccc(C(CNC(=O)Nc2cccc(COCC3CCCCO3)c2)N(C)C)cc1. The van der Waals surface area contributed by atoms with E-state index in [9.17, 15) is 4.79 Å². The molecule has 7 heteroatoms. The van der Waals surface area contributed by atoms with Crippen molar-refractivity contribution in [2.45, 2.75) is 38.0 Å². The number of anilines is 1. The Kier molecular flexibility index (Phi) is 9.34. The van der Waals surface area contributed by atoms with Gasteiger partial charge in [0.05, 0.1) is 32.5 Å². The van der Waals surface area contributed by atoms with Gasteiger partial charge in [-0.1, -0.05) is 24.3 Å². The number of hydrogen-bond acceptors (Lipinski definition) is 5. The van der Waals surface area contributed by atoms with Crippen molar-refractivity contribution in [1.82, 2.24) is 10.2 Å². The molecule has 2 unspecified atom stereocenters. The number of nitrogens with one attached hydrogen (secondary N) is 2. The molecule has 3 rings (SSSR count). The van der Waals surface area contributed by atoms with Gasteiger partial charge in [-0.25, -0.2) is 4.79 Å². The van der Waals surface area contributed by atoms with Gasteiger partial charge < -0.3 is 29.7 Å². The summed E-state index contributed by atoms with van der Waals surface area (Å²) in [5.41, 5.74) is 2.86. The maximum atomic E-state index is 12.5. The summed E-state index contributed by atoms with van der Waals surface area (Å²) in [6.45, 7) is 2.41. The van der Waals surface area contributed by atoms with Crippen LogP contribution in [0.5, 0.6) is 5.75 Å². The van der Waals surface area contributed by atoms with Crippen molar-refractivity contribution in [3.8, 4) is 5.75 Å². The molecule has 2 atom stereocenters. The third-order valence-corrected chi connectivity index (χ3v) is 5.61. The molecule has 2 aromatic rings. The van der Waals surface area contributed by atoms with E-state index in [0.29, 0.717) is 19.8 Å². The lowest BCUT2D eigenvalue weighted by molar-refractivity contribution is -0.0447. The zero-order valence-corrected chi connectivity index (χ0v) is 19.3. The Morgan fingerprint density at radius 1 is 1.19 bits per heavy atom. The Hall–Kier alpha value is -2.61. The first-order valence-electron chi connectivity index (χ1n) is 11.2. The summed E-state index contributed by atoms with van der Waals surface area (Å²) in [6.07, 6.45) is 3.61. The summed E-state index contributed by atoms with van der Waals surface area (Å²) in [7, 11) is 5.64. The largest absolute Gasteiger partial charge is 0.497 e. The molecule has 2 amide bonds. The first kappa shape index (κ1) is 24.0. The zero-order valence-electron chi connectivity index (χ0n) is 19.3. The van der Waals surface area contributed by atoms with E-state index in [2.05, 4.69) is 15.5 Å². The molecule has 32 heavy (non-hydrogen) atoms. The molecule has 0 spiro atoms. The van der Waals surface area contributed by atoms with Crippen LogP contribution in [0, 0.1) is 0 Å². The molecule has 0 bridgehead atoms. The molecule has 2 aromatic carbocycles. The first-order chi connectivity index (χ1) is 15.5. The van der Waals surface area contributed by atoms with Gasteiger partial charge in [0.1, 0.15) is 5.75 Å². The van der Waals surface area contributed by atoms with Gasteiger partial charge in [0.2, 0.25) is 0 Å². The number of urea groups is 1. The molecule has 174 valence electrons. The smallest absolute Gasteiger partial charge is 0.319 e. The standard InChI is InChI=1S/C25H35N3O4/c1-28(2)24(20-10-12-22(30-3)13-11-20)16-26-25(29)27-21-8-6-7-19(15-21)17-31-18-23-9-4-5-14-32-23/h6-8,10-13,15,23-24H,4-5,9,14,16-18H2,1-3H3,(H2,26,27,29). The minimum absolute atomic E-state index is 0.0494. The Bertz CT molecular complexity index is 835. The van der Waals surface area contributed by atoms with Gasteiger partial charge in [-0.3, -0.25) is 0 Å². The maximum Gasteiger partial charge on any atom is 0.319 e. The van der Waals surface area contributed by atoms with Crippen molar-refractivity contribution >= 4 is 11.7 Å². The molecule has 1 aliphatic rings. The molecule has 0 aliphatic carbocycles. The van der Waals surface area contributed by atoms with E-state index in [0.717, 1.165) is 42.0 Å². The van der Waals surface area contributed by atoms with E-state index in [-0.39, 0.29) is 18.2 Å². The number of carbonyl (C=O) groups excluding carboxylic acids is 1. The molecule has 1 saturated heterocycles. The minimum Gasteiger partial charge on any atom is -0.497 e. The van der Waals surface area contributed by atoms with Gasteiger partial charge >= 0.3 is 6.03 Å². The summed E-state index contributed by atoms with van der Waals surface area (Å²) >= 11 is 0. The van der Waals surface area contributed by atoms with Gasteiger partial charge in [0, 0.05) is 18.8 Å². The third-order valence-electron chi connectivity index (χ3n) is 5.61. The van der Waals surface area contributed by atoms with Gasteiger partial charge in [0.15, 0.2) is 0 Å². The maximum absolute atomic E-state index is 12.5. The van der Waals surface area contributed by atoms with Crippen LogP contribution in [-0.2, 0) is 16.1 Å². The number of nitrogens with zero attached hydrogens (tertiary/aromatic N) is 1. The molecule has 0 aromatic heterocycles. The highest BCUT2D eigenvalue weighted by Gasteiger charge is 2.16. The van der Waals surface area contributed by atoms with E-state index in [4.69, 9.17) is 14.2 Å². The minimum atomic E-state index is -0.237. The number of amides is 2. The summed E-state index contributed by atoms with van der Waals surface area (Å²) in [4.78, 5) is 14.6. The van der Waals surface area contributed by atoms with Crippen molar-refractivity contribution in [3.63, 3.8) is 0 Å². The predicted octanol–water partition coefficient (Wildman–Crippen LogP) is 4.21. The van der Waals surface area contributed by atoms with Crippen LogP contribution in [0.2, 0.25) is 0 Å².